The first-order valence-electron chi connectivity index (χ1n) is 10.2. The van der Waals surface area contributed by atoms with Crippen molar-refractivity contribution in [3.05, 3.63) is 87.5 Å². The molecule has 3 aromatic rings. The molecule has 0 aliphatic rings. The van der Waals surface area contributed by atoms with E-state index in [1.165, 1.54) is 14.2 Å². The molecule has 0 fully saturated rings. The molecule has 1 radical (unpaired) electrons. The molecule has 1 atom stereocenters. The molecule has 0 saturated carbocycles. The van der Waals surface area contributed by atoms with E-state index in [0.29, 0.717) is 5.56 Å². The van der Waals surface area contributed by atoms with Gasteiger partial charge in [-0.15, -0.1) is 0 Å². The van der Waals surface area contributed by atoms with Gasteiger partial charge in [-0.3, -0.25) is 14.2 Å². The number of benzene rings is 3. The summed E-state index contributed by atoms with van der Waals surface area (Å²) in [5.74, 6) is 0.284. The second-order valence-corrected chi connectivity index (χ2v) is 9.10. The third-order valence-corrected chi connectivity index (χ3v) is 7.20. The summed E-state index contributed by atoms with van der Waals surface area (Å²) >= 11 is 0. The van der Waals surface area contributed by atoms with Gasteiger partial charge in [0.1, 0.15) is 17.1 Å². The van der Waals surface area contributed by atoms with Gasteiger partial charge in [0.25, 0.3) is 5.52 Å². The third kappa shape index (κ3) is 4.09. The molecule has 0 aliphatic heterocycles. The van der Waals surface area contributed by atoms with Gasteiger partial charge >= 0.3 is 0 Å². The monoisotopic (exact) mass is 449 g/mol. The van der Waals surface area contributed by atoms with Crippen molar-refractivity contribution in [3.8, 4) is 11.5 Å². The van der Waals surface area contributed by atoms with Crippen molar-refractivity contribution in [2.24, 2.45) is 0 Å². The summed E-state index contributed by atoms with van der Waals surface area (Å²) in [7, 11) is 0.260. The van der Waals surface area contributed by atoms with Crippen LogP contribution in [0.5, 0.6) is 11.5 Å². The number of carbonyl (C=O) groups is 2. The molecular weight excluding hydrogens is 423 g/mol. The highest BCUT2D eigenvalue weighted by Gasteiger charge is 2.29. The zero-order valence-corrected chi connectivity index (χ0v) is 20.0. The molecule has 0 aromatic heterocycles. The molecule has 5 nitrogen and oxygen atoms in total. The summed E-state index contributed by atoms with van der Waals surface area (Å²) in [6, 6.07) is 13.4. The zero-order valence-electron chi connectivity index (χ0n) is 19.1. The van der Waals surface area contributed by atoms with Crippen LogP contribution in [0.1, 0.15) is 48.5 Å². The lowest BCUT2D eigenvalue weighted by molar-refractivity contribution is 0.103. The minimum atomic E-state index is -2.60. The van der Waals surface area contributed by atoms with E-state index in [2.05, 4.69) is 0 Å². The molecule has 3 rings (SSSR count). The standard InChI is InChI=1S/C26H26O5P/c1-15-14-16(2)23(18(4)17(15)3)25(27)19-10-7-8-13-22(19)32(29)26(28)24-20(30-5)11-9-12-21(24)31-6/h7-14H,1-6H3. The predicted molar refractivity (Wildman–Crippen MR) is 126 cm³/mol. The van der Waals surface area contributed by atoms with Crippen molar-refractivity contribution >= 4 is 24.4 Å². The van der Waals surface area contributed by atoms with Crippen LogP contribution in [0.2, 0.25) is 0 Å². The summed E-state index contributed by atoms with van der Waals surface area (Å²) in [6.45, 7) is 7.79. The third-order valence-electron chi connectivity index (χ3n) is 5.78. The van der Waals surface area contributed by atoms with Crippen molar-refractivity contribution < 1.29 is 23.6 Å². The average Bonchev–Trinajstić information content (AvgIpc) is 2.80. The molecular formula is C26H26O5P. The number of carbonyl (C=O) groups excluding carboxylic acids is 2. The van der Waals surface area contributed by atoms with E-state index in [0.717, 1.165) is 22.3 Å². The first-order chi connectivity index (χ1) is 15.2. The molecule has 0 saturated heterocycles. The molecule has 0 N–H and O–H groups in total. The number of hydrogen-bond donors (Lipinski definition) is 0. The Kier molecular flexibility index (Phi) is 6.90. The van der Waals surface area contributed by atoms with Gasteiger partial charge in [0.2, 0.25) is 0 Å². The number of hydrogen-bond acceptors (Lipinski definition) is 5. The number of aryl methyl sites for hydroxylation is 2. The fourth-order valence-electron chi connectivity index (χ4n) is 3.88. The first kappa shape index (κ1) is 23.4. The maximum atomic E-state index is 13.6. The van der Waals surface area contributed by atoms with Crippen molar-refractivity contribution in [2.75, 3.05) is 14.2 Å². The fraction of sp³-hybridized carbons (Fsp3) is 0.231. The van der Waals surface area contributed by atoms with Crippen LogP contribution in [-0.2, 0) is 4.57 Å². The SMILES string of the molecule is COc1cccc(OC)c1C(=O)[P](=O)c1ccccc1C(=O)c1c(C)cc(C)c(C)c1C. The quantitative estimate of drug-likeness (QED) is 0.354. The molecule has 6 heteroatoms. The largest absolute Gasteiger partial charge is 0.496 e. The van der Waals surface area contributed by atoms with Crippen LogP contribution in [0.25, 0.3) is 0 Å². The Balaban J connectivity index is 2.13. The second-order valence-electron chi connectivity index (χ2n) is 7.62. The van der Waals surface area contributed by atoms with E-state index in [1.807, 2.05) is 33.8 Å². The summed E-state index contributed by atoms with van der Waals surface area (Å²) in [5.41, 5.74) is 4.15. The Morgan fingerprint density at radius 2 is 1.34 bits per heavy atom. The van der Waals surface area contributed by atoms with E-state index in [4.69, 9.17) is 9.47 Å². The highest BCUT2D eigenvalue weighted by Crippen LogP contribution is 2.38. The molecule has 0 amide bonds. The number of ketones is 1. The number of rotatable bonds is 7. The summed E-state index contributed by atoms with van der Waals surface area (Å²) in [5, 5.41) is 0.197. The normalized spacial score (nSPS) is 11.1. The summed E-state index contributed by atoms with van der Waals surface area (Å²) in [6.07, 6.45) is 0. The van der Waals surface area contributed by atoms with Gasteiger partial charge in [0.05, 0.1) is 19.5 Å². The predicted octanol–water partition coefficient (Wildman–Crippen LogP) is 5.46. The Bertz CT molecular complexity index is 1220. The van der Waals surface area contributed by atoms with Crippen LogP contribution >= 0.6 is 7.80 Å². The Labute approximate surface area is 189 Å². The van der Waals surface area contributed by atoms with E-state index < -0.39 is 13.3 Å². The first-order valence-corrected chi connectivity index (χ1v) is 11.4. The van der Waals surface area contributed by atoms with Crippen LogP contribution < -0.4 is 14.8 Å². The van der Waals surface area contributed by atoms with Gasteiger partial charge in [-0.2, -0.15) is 0 Å². The van der Waals surface area contributed by atoms with Gasteiger partial charge in [-0.25, -0.2) is 0 Å². The highest BCUT2D eigenvalue weighted by molar-refractivity contribution is 7.71. The van der Waals surface area contributed by atoms with Gasteiger partial charge in [0.15, 0.2) is 13.6 Å². The lowest BCUT2D eigenvalue weighted by Crippen LogP contribution is -2.18. The van der Waals surface area contributed by atoms with E-state index in [1.54, 1.807) is 42.5 Å². The van der Waals surface area contributed by atoms with Crippen molar-refractivity contribution in [1.82, 2.24) is 0 Å². The maximum Gasteiger partial charge on any atom is 0.254 e. The van der Waals surface area contributed by atoms with E-state index in [-0.39, 0.29) is 33.7 Å². The lowest BCUT2D eigenvalue weighted by Gasteiger charge is -2.16. The van der Waals surface area contributed by atoms with Crippen molar-refractivity contribution in [2.45, 2.75) is 27.7 Å². The molecule has 0 spiro atoms. The Hall–Kier alpha value is -3.30. The van der Waals surface area contributed by atoms with Gasteiger partial charge < -0.3 is 9.47 Å². The summed E-state index contributed by atoms with van der Waals surface area (Å²) in [4.78, 5) is 26.9. The topological polar surface area (TPSA) is 69.7 Å². The molecule has 165 valence electrons. The fourth-order valence-corrected chi connectivity index (χ4v) is 5.14. The zero-order chi connectivity index (χ0) is 23.6. The van der Waals surface area contributed by atoms with Crippen LogP contribution in [0.3, 0.4) is 0 Å². The summed E-state index contributed by atoms with van der Waals surface area (Å²) < 4.78 is 24.1. The van der Waals surface area contributed by atoms with Gasteiger partial charge in [-0.1, -0.05) is 24.3 Å². The second kappa shape index (κ2) is 9.46. The smallest absolute Gasteiger partial charge is 0.254 e. The van der Waals surface area contributed by atoms with Crippen LogP contribution in [-0.4, -0.2) is 25.5 Å². The lowest BCUT2D eigenvalue weighted by atomic mass is 9.89. The van der Waals surface area contributed by atoms with Gasteiger partial charge in [0, 0.05) is 11.1 Å². The van der Waals surface area contributed by atoms with Crippen molar-refractivity contribution in [3.63, 3.8) is 0 Å². The van der Waals surface area contributed by atoms with Gasteiger partial charge in [-0.05, 0) is 74.2 Å². The molecule has 3 aromatic carbocycles. The van der Waals surface area contributed by atoms with Crippen LogP contribution in [0, 0.1) is 27.7 Å². The number of ether oxygens (including phenoxy) is 2. The molecule has 0 bridgehead atoms. The van der Waals surface area contributed by atoms with Crippen LogP contribution in [0.4, 0.5) is 0 Å². The molecule has 32 heavy (non-hydrogen) atoms. The van der Waals surface area contributed by atoms with Crippen molar-refractivity contribution in [1.29, 1.82) is 0 Å². The molecule has 0 heterocycles. The van der Waals surface area contributed by atoms with Crippen LogP contribution in [0.15, 0.2) is 48.5 Å². The minimum absolute atomic E-state index is 0.0967. The highest BCUT2D eigenvalue weighted by atomic mass is 31.1. The maximum absolute atomic E-state index is 13.6. The van der Waals surface area contributed by atoms with E-state index >= 15 is 0 Å². The number of methoxy groups -OCH3 is 2. The Morgan fingerprint density at radius 1 is 0.750 bits per heavy atom. The average molecular weight is 449 g/mol. The van der Waals surface area contributed by atoms with E-state index in [9.17, 15) is 14.2 Å². The Morgan fingerprint density at radius 3 is 1.94 bits per heavy atom. The molecule has 0 aliphatic carbocycles. The minimum Gasteiger partial charge on any atom is -0.496 e. The molecule has 1 unspecified atom stereocenters.